The molecule has 0 saturated carbocycles. The summed E-state index contributed by atoms with van der Waals surface area (Å²) in [6.07, 6.45) is 1.95. The average Bonchev–Trinajstić information content (AvgIpc) is 3.01. The number of benzene rings is 5. The summed E-state index contributed by atoms with van der Waals surface area (Å²) >= 11 is 0. The van der Waals surface area contributed by atoms with Crippen molar-refractivity contribution >= 4 is 21.5 Å². The molecule has 0 unspecified atom stereocenters. The minimum Gasteiger partial charge on any atom is -0.252 e. The van der Waals surface area contributed by atoms with Crippen LogP contribution >= 0.6 is 0 Å². The van der Waals surface area contributed by atoms with Gasteiger partial charge >= 0.3 is 0 Å². The van der Waals surface area contributed by atoms with Gasteiger partial charge in [0.15, 0.2) is 17.5 Å². The SMILES string of the molecule is c1ccc(-c2nc(-c3ccccc3)nc(-c3ncc(-c4cccc5ccccc45)c4ccccc34)n2)cc1. The van der Waals surface area contributed by atoms with Crippen molar-refractivity contribution in [3.63, 3.8) is 0 Å². The van der Waals surface area contributed by atoms with Crippen molar-refractivity contribution in [1.82, 2.24) is 19.9 Å². The molecule has 2 heterocycles. The zero-order chi connectivity index (χ0) is 25.3. The van der Waals surface area contributed by atoms with Crippen molar-refractivity contribution in [2.45, 2.75) is 0 Å². The number of fused-ring (bicyclic) bond motifs is 2. The summed E-state index contributed by atoms with van der Waals surface area (Å²) in [7, 11) is 0. The topological polar surface area (TPSA) is 51.6 Å². The summed E-state index contributed by atoms with van der Waals surface area (Å²) in [6, 6.07) is 43.2. The van der Waals surface area contributed by atoms with Gasteiger partial charge in [0, 0.05) is 28.3 Å². The molecule has 178 valence electrons. The van der Waals surface area contributed by atoms with E-state index in [0.717, 1.165) is 38.7 Å². The minimum atomic E-state index is 0.554. The zero-order valence-corrected chi connectivity index (χ0v) is 20.5. The van der Waals surface area contributed by atoms with Crippen molar-refractivity contribution in [1.29, 1.82) is 0 Å². The van der Waals surface area contributed by atoms with E-state index >= 15 is 0 Å². The third-order valence-corrected chi connectivity index (χ3v) is 6.79. The molecule has 4 heteroatoms. The van der Waals surface area contributed by atoms with Crippen LogP contribution in [0, 0.1) is 0 Å². The van der Waals surface area contributed by atoms with E-state index in [2.05, 4.69) is 60.7 Å². The molecule has 5 aromatic carbocycles. The van der Waals surface area contributed by atoms with Gasteiger partial charge in [-0.05, 0) is 21.7 Å². The second-order valence-electron chi connectivity index (χ2n) is 9.13. The predicted molar refractivity (Wildman–Crippen MR) is 154 cm³/mol. The first-order valence-corrected chi connectivity index (χ1v) is 12.6. The van der Waals surface area contributed by atoms with Crippen molar-refractivity contribution in [2.75, 3.05) is 0 Å². The normalized spacial score (nSPS) is 11.2. The molecule has 0 atom stereocenters. The first kappa shape index (κ1) is 22.0. The fourth-order valence-corrected chi connectivity index (χ4v) is 4.96. The molecule has 0 spiro atoms. The van der Waals surface area contributed by atoms with Crippen molar-refractivity contribution in [2.24, 2.45) is 0 Å². The summed E-state index contributed by atoms with van der Waals surface area (Å²) < 4.78 is 0. The number of pyridine rings is 1. The fourth-order valence-electron chi connectivity index (χ4n) is 4.96. The van der Waals surface area contributed by atoms with Gasteiger partial charge in [-0.1, -0.05) is 127 Å². The molecule has 0 aliphatic rings. The molecule has 7 rings (SSSR count). The van der Waals surface area contributed by atoms with Gasteiger partial charge < -0.3 is 0 Å². The van der Waals surface area contributed by atoms with E-state index < -0.39 is 0 Å². The molecule has 0 saturated heterocycles. The maximum Gasteiger partial charge on any atom is 0.183 e. The fraction of sp³-hybridized carbons (Fsp3) is 0. The lowest BCUT2D eigenvalue weighted by atomic mass is 9.95. The van der Waals surface area contributed by atoms with Gasteiger partial charge in [0.25, 0.3) is 0 Å². The van der Waals surface area contributed by atoms with Crippen LogP contribution in [-0.2, 0) is 0 Å². The highest BCUT2D eigenvalue weighted by molar-refractivity contribution is 6.08. The summed E-state index contributed by atoms with van der Waals surface area (Å²) in [5, 5.41) is 4.52. The van der Waals surface area contributed by atoms with Gasteiger partial charge in [-0.2, -0.15) is 0 Å². The van der Waals surface area contributed by atoms with Crippen LogP contribution in [0.2, 0.25) is 0 Å². The van der Waals surface area contributed by atoms with Crippen LogP contribution in [0.15, 0.2) is 134 Å². The third-order valence-electron chi connectivity index (χ3n) is 6.79. The van der Waals surface area contributed by atoms with Gasteiger partial charge in [0.1, 0.15) is 5.69 Å². The third kappa shape index (κ3) is 3.89. The molecule has 0 radical (unpaired) electrons. The highest BCUT2D eigenvalue weighted by Crippen LogP contribution is 2.36. The van der Waals surface area contributed by atoms with Crippen LogP contribution in [0.3, 0.4) is 0 Å². The minimum absolute atomic E-state index is 0.554. The summed E-state index contributed by atoms with van der Waals surface area (Å²) in [6.45, 7) is 0. The van der Waals surface area contributed by atoms with Crippen molar-refractivity contribution < 1.29 is 0 Å². The largest absolute Gasteiger partial charge is 0.252 e. The molecule has 0 N–H and O–H groups in total. The van der Waals surface area contributed by atoms with E-state index in [1.807, 2.05) is 72.9 Å². The number of rotatable bonds is 4. The molecule has 0 aliphatic heterocycles. The Bertz CT molecular complexity index is 1850. The zero-order valence-electron chi connectivity index (χ0n) is 20.5. The first-order valence-electron chi connectivity index (χ1n) is 12.6. The number of hydrogen-bond acceptors (Lipinski definition) is 4. The smallest absolute Gasteiger partial charge is 0.183 e. The van der Waals surface area contributed by atoms with E-state index in [0.29, 0.717) is 17.5 Å². The summed E-state index contributed by atoms with van der Waals surface area (Å²) in [5.74, 6) is 1.80. The van der Waals surface area contributed by atoms with Gasteiger partial charge in [-0.25, -0.2) is 15.0 Å². The van der Waals surface area contributed by atoms with E-state index in [9.17, 15) is 0 Å². The average molecular weight is 487 g/mol. The predicted octanol–water partition coefficient (Wildman–Crippen LogP) is 8.24. The summed E-state index contributed by atoms with van der Waals surface area (Å²) in [4.78, 5) is 19.6. The Kier molecular flexibility index (Phi) is 5.41. The van der Waals surface area contributed by atoms with Crippen LogP contribution in [-0.4, -0.2) is 19.9 Å². The monoisotopic (exact) mass is 486 g/mol. The Morgan fingerprint density at radius 2 is 0.895 bits per heavy atom. The Balaban J connectivity index is 1.47. The molecule has 2 aromatic heterocycles. The van der Waals surface area contributed by atoms with Crippen LogP contribution in [0.1, 0.15) is 0 Å². The van der Waals surface area contributed by atoms with Crippen LogP contribution in [0.5, 0.6) is 0 Å². The molecule has 7 aromatic rings. The van der Waals surface area contributed by atoms with E-state index in [-0.39, 0.29) is 0 Å². The first-order chi connectivity index (χ1) is 18.8. The van der Waals surface area contributed by atoms with Crippen molar-refractivity contribution in [3.05, 3.63) is 134 Å². The standard InChI is InChI=1S/C34H22N4/c1-3-13-24(14-4-1)32-36-33(25-15-5-2-6-16-25)38-34(37-32)31-29-20-10-9-19-28(29)30(22-35-31)27-21-11-17-23-12-7-8-18-26(23)27/h1-22H. The van der Waals surface area contributed by atoms with Crippen LogP contribution in [0.4, 0.5) is 0 Å². The van der Waals surface area contributed by atoms with Gasteiger partial charge in [-0.3, -0.25) is 4.98 Å². The van der Waals surface area contributed by atoms with E-state index in [1.165, 1.54) is 10.8 Å². The molecular weight excluding hydrogens is 464 g/mol. The number of aromatic nitrogens is 4. The van der Waals surface area contributed by atoms with Gasteiger partial charge in [0.2, 0.25) is 0 Å². The van der Waals surface area contributed by atoms with Crippen LogP contribution in [0.25, 0.3) is 67.0 Å². The highest BCUT2D eigenvalue weighted by Gasteiger charge is 2.17. The molecule has 0 bridgehead atoms. The van der Waals surface area contributed by atoms with Gasteiger partial charge in [0.05, 0.1) is 0 Å². The lowest BCUT2D eigenvalue weighted by Crippen LogP contribution is -2.02. The molecule has 0 amide bonds. The lowest BCUT2D eigenvalue weighted by Gasteiger charge is -2.13. The maximum absolute atomic E-state index is 4.98. The second-order valence-corrected chi connectivity index (χ2v) is 9.13. The molecular formula is C34H22N4. The molecule has 0 aliphatic carbocycles. The Hall–Kier alpha value is -5.22. The quantitative estimate of drug-likeness (QED) is 0.251. The Labute approximate surface area is 220 Å². The Morgan fingerprint density at radius 3 is 1.58 bits per heavy atom. The van der Waals surface area contributed by atoms with E-state index in [4.69, 9.17) is 19.9 Å². The lowest BCUT2D eigenvalue weighted by molar-refractivity contribution is 1.06. The molecule has 0 fully saturated rings. The number of hydrogen-bond donors (Lipinski definition) is 0. The molecule has 38 heavy (non-hydrogen) atoms. The van der Waals surface area contributed by atoms with Crippen molar-refractivity contribution in [3.8, 4) is 45.4 Å². The van der Waals surface area contributed by atoms with Crippen LogP contribution < -0.4 is 0 Å². The highest BCUT2D eigenvalue weighted by atomic mass is 15.0. The second kappa shape index (κ2) is 9.34. The summed E-state index contributed by atoms with van der Waals surface area (Å²) in [5.41, 5.74) is 4.85. The van der Waals surface area contributed by atoms with E-state index in [1.54, 1.807) is 0 Å². The Morgan fingerprint density at radius 1 is 0.368 bits per heavy atom. The van der Waals surface area contributed by atoms with Gasteiger partial charge in [-0.15, -0.1) is 0 Å². The maximum atomic E-state index is 4.98. The number of nitrogens with zero attached hydrogens (tertiary/aromatic N) is 4. The molecule has 4 nitrogen and oxygen atoms in total.